The van der Waals surface area contributed by atoms with Crippen LogP contribution in [0.2, 0.25) is 10.0 Å². The van der Waals surface area contributed by atoms with Crippen molar-refractivity contribution < 1.29 is 4.74 Å². The lowest BCUT2D eigenvalue weighted by Crippen LogP contribution is -2.21. The summed E-state index contributed by atoms with van der Waals surface area (Å²) < 4.78 is 4.97. The number of nitrogens with one attached hydrogen (secondary N) is 1. The van der Waals surface area contributed by atoms with E-state index in [0.29, 0.717) is 33.5 Å². The average Bonchev–Trinajstić information content (AvgIpc) is 3.06. The number of benzene rings is 1. The van der Waals surface area contributed by atoms with E-state index in [0.717, 1.165) is 25.3 Å². The van der Waals surface area contributed by atoms with Crippen molar-refractivity contribution in [3.8, 4) is 0 Å². The number of rotatable bonds is 5. The van der Waals surface area contributed by atoms with Crippen molar-refractivity contribution in [2.75, 3.05) is 46.2 Å². The molecular weight excluding hydrogens is 401 g/mol. The molecule has 1 saturated heterocycles. The van der Waals surface area contributed by atoms with Gasteiger partial charge in [0.2, 0.25) is 0 Å². The molecule has 7 N–H and O–H groups in total. The van der Waals surface area contributed by atoms with Gasteiger partial charge >= 0.3 is 0 Å². The normalized spacial score (nSPS) is 18.5. The van der Waals surface area contributed by atoms with Crippen molar-refractivity contribution in [2.24, 2.45) is 33.1 Å². The van der Waals surface area contributed by atoms with Crippen LogP contribution in [0.15, 0.2) is 40.1 Å². The zero-order chi connectivity index (χ0) is 21.1. The van der Waals surface area contributed by atoms with E-state index in [-0.39, 0.29) is 0 Å². The van der Waals surface area contributed by atoms with Gasteiger partial charge in [0.1, 0.15) is 0 Å². The summed E-state index contributed by atoms with van der Waals surface area (Å²) in [4.78, 5) is 10.3. The van der Waals surface area contributed by atoms with Gasteiger partial charge in [0.25, 0.3) is 0 Å². The van der Waals surface area contributed by atoms with Crippen LogP contribution in [0.5, 0.6) is 0 Å². The lowest BCUT2D eigenvalue weighted by molar-refractivity contribution is 0.313. The van der Waals surface area contributed by atoms with Crippen molar-refractivity contribution in [1.29, 1.82) is 0 Å². The minimum absolute atomic E-state index is 0.318. The minimum atomic E-state index is 0.318. The Morgan fingerprint density at radius 3 is 2.43 bits per heavy atom. The Labute approximate surface area is 176 Å². The van der Waals surface area contributed by atoms with Crippen molar-refractivity contribution >= 4 is 40.7 Å². The van der Waals surface area contributed by atoms with Crippen LogP contribution in [0.1, 0.15) is 6.42 Å². The largest absolute Gasteiger partial charge is 0.491 e. The van der Waals surface area contributed by atoms with E-state index >= 15 is 0 Å². The van der Waals surface area contributed by atoms with Gasteiger partial charge in [0.05, 0.1) is 7.11 Å². The van der Waals surface area contributed by atoms with Gasteiger partial charge in [-0.05, 0) is 44.1 Å². The van der Waals surface area contributed by atoms with E-state index in [2.05, 4.69) is 27.2 Å². The number of halogens is 2. The quantitative estimate of drug-likeness (QED) is 0.322. The molecule has 0 amide bonds. The van der Waals surface area contributed by atoms with Gasteiger partial charge in [-0.15, -0.1) is 0 Å². The van der Waals surface area contributed by atoms with Gasteiger partial charge in [-0.25, -0.2) is 0 Å². The molecule has 1 aromatic rings. The number of anilines is 1. The molecule has 0 aromatic heterocycles. The fourth-order valence-corrected chi connectivity index (χ4v) is 3.09. The first kappa shape index (κ1) is 23.9. The van der Waals surface area contributed by atoms with Gasteiger partial charge in [-0.1, -0.05) is 23.2 Å². The summed E-state index contributed by atoms with van der Waals surface area (Å²) in [5.74, 6) is 1.75. The molecule has 1 fully saturated rings. The molecule has 1 unspecified atom stereocenters. The Balaban J connectivity index is 0.000000283. The summed E-state index contributed by atoms with van der Waals surface area (Å²) >= 11 is 11.5. The van der Waals surface area contributed by atoms with E-state index in [4.69, 9.17) is 45.1 Å². The lowest BCUT2D eigenvalue weighted by Gasteiger charge is -2.09. The number of hydrogen-bond donors (Lipinski definition) is 4. The number of ether oxygens (including phenoxy) is 1. The monoisotopic (exact) mass is 429 g/mol. The Morgan fingerprint density at radius 2 is 1.96 bits per heavy atom. The molecule has 1 aromatic carbocycles. The van der Waals surface area contributed by atoms with Crippen LogP contribution in [-0.4, -0.2) is 57.5 Å². The molecule has 0 saturated carbocycles. The predicted molar refractivity (Wildman–Crippen MR) is 119 cm³/mol. The molecular formula is C18H29Cl2N7O. The number of methoxy groups -OCH3 is 1. The standard InChI is InChI=1S/C10H20N4O.C8H9Cl2N3/c1-14-4-3-8(7-14)6-13-10(12)9(5-11)15-2;1-12-8(11)13-7-3-5(9)2-6(10)4-7/h5,8H,3-4,6-7,11H2,1-2H3,(H2,12,13);2-4H,1H3,(H3,11,12,13)/b9-5+;. The maximum absolute atomic E-state index is 5.77. The Morgan fingerprint density at radius 1 is 1.32 bits per heavy atom. The van der Waals surface area contributed by atoms with Crippen LogP contribution in [0, 0.1) is 5.92 Å². The second-order valence-electron chi connectivity index (χ2n) is 6.27. The molecule has 0 radical (unpaired) electrons. The van der Waals surface area contributed by atoms with E-state index in [1.807, 2.05) is 0 Å². The van der Waals surface area contributed by atoms with Crippen LogP contribution in [-0.2, 0) is 4.74 Å². The zero-order valence-corrected chi connectivity index (χ0v) is 18.0. The van der Waals surface area contributed by atoms with Crippen molar-refractivity contribution in [3.63, 3.8) is 0 Å². The number of likely N-dealkylation sites (tertiary alicyclic amines) is 1. The molecule has 0 bridgehead atoms. The van der Waals surface area contributed by atoms with Gasteiger partial charge in [-0.2, -0.15) is 0 Å². The van der Waals surface area contributed by atoms with E-state index in [1.54, 1.807) is 25.2 Å². The summed E-state index contributed by atoms with van der Waals surface area (Å²) in [7, 11) is 5.24. The van der Waals surface area contributed by atoms with Gasteiger partial charge < -0.3 is 32.2 Å². The van der Waals surface area contributed by atoms with E-state index < -0.39 is 0 Å². The molecule has 0 spiro atoms. The van der Waals surface area contributed by atoms with E-state index in [9.17, 15) is 0 Å². The van der Waals surface area contributed by atoms with E-state index in [1.165, 1.54) is 19.7 Å². The van der Waals surface area contributed by atoms with Gasteiger partial charge in [0, 0.05) is 42.1 Å². The fourth-order valence-electron chi connectivity index (χ4n) is 2.57. The number of amidine groups is 1. The SMILES string of the molecule is CN=C(N)Nc1cc(Cl)cc(Cl)c1.CO/C(=C/N)C(N)=NCC1CCN(C)C1. The smallest absolute Gasteiger partial charge is 0.192 e. The molecule has 1 heterocycles. The highest BCUT2D eigenvalue weighted by Crippen LogP contribution is 2.22. The first-order valence-corrected chi connectivity index (χ1v) is 9.44. The second kappa shape index (κ2) is 12.3. The second-order valence-corrected chi connectivity index (χ2v) is 7.14. The Bertz CT molecular complexity index is 702. The molecule has 28 heavy (non-hydrogen) atoms. The Kier molecular flexibility index (Phi) is 10.5. The highest BCUT2D eigenvalue weighted by molar-refractivity contribution is 6.35. The summed E-state index contributed by atoms with van der Waals surface area (Å²) in [5, 5.41) is 3.94. The summed E-state index contributed by atoms with van der Waals surface area (Å²) in [5.41, 5.74) is 17.2. The first-order valence-electron chi connectivity index (χ1n) is 8.69. The Hall–Kier alpha value is -2.16. The number of guanidine groups is 1. The topological polar surface area (TPSA) is 127 Å². The highest BCUT2D eigenvalue weighted by atomic mass is 35.5. The first-order chi connectivity index (χ1) is 13.3. The number of aliphatic imine (C=N–C) groups is 2. The lowest BCUT2D eigenvalue weighted by atomic mass is 10.1. The maximum atomic E-state index is 5.77. The molecule has 8 nitrogen and oxygen atoms in total. The van der Waals surface area contributed by atoms with Gasteiger partial charge in [-0.3, -0.25) is 9.98 Å². The molecule has 2 rings (SSSR count). The fraction of sp³-hybridized carbons (Fsp3) is 0.444. The number of nitrogens with two attached hydrogens (primary N) is 3. The highest BCUT2D eigenvalue weighted by Gasteiger charge is 2.18. The number of nitrogens with zero attached hydrogens (tertiary/aromatic N) is 3. The van der Waals surface area contributed by atoms with Crippen molar-refractivity contribution in [2.45, 2.75) is 6.42 Å². The summed E-state index contributed by atoms with van der Waals surface area (Å²) in [6.07, 6.45) is 2.52. The minimum Gasteiger partial charge on any atom is -0.491 e. The van der Waals surface area contributed by atoms with Crippen LogP contribution < -0.4 is 22.5 Å². The van der Waals surface area contributed by atoms with Crippen molar-refractivity contribution in [3.05, 3.63) is 40.2 Å². The molecule has 1 atom stereocenters. The predicted octanol–water partition coefficient (Wildman–Crippen LogP) is 2.09. The van der Waals surface area contributed by atoms with Crippen molar-refractivity contribution in [1.82, 2.24) is 4.90 Å². The van der Waals surface area contributed by atoms with Crippen LogP contribution in [0.4, 0.5) is 5.69 Å². The summed E-state index contributed by atoms with van der Waals surface area (Å²) in [6.45, 7) is 2.98. The molecule has 10 heteroatoms. The average molecular weight is 430 g/mol. The molecule has 1 aliphatic heterocycles. The number of hydrogen-bond acceptors (Lipinski definition) is 5. The molecule has 1 aliphatic rings. The van der Waals surface area contributed by atoms with Gasteiger partial charge in [0.15, 0.2) is 17.6 Å². The summed E-state index contributed by atoms with van der Waals surface area (Å²) in [6, 6.07) is 5.07. The maximum Gasteiger partial charge on any atom is 0.192 e. The molecule has 156 valence electrons. The van der Waals surface area contributed by atoms with Crippen LogP contribution in [0.25, 0.3) is 0 Å². The molecule has 0 aliphatic carbocycles. The zero-order valence-electron chi connectivity index (χ0n) is 16.5. The van der Waals surface area contributed by atoms with Crippen LogP contribution >= 0.6 is 23.2 Å². The third kappa shape index (κ3) is 8.69. The third-order valence-electron chi connectivity index (χ3n) is 4.01. The van der Waals surface area contributed by atoms with Crippen LogP contribution in [0.3, 0.4) is 0 Å². The third-order valence-corrected chi connectivity index (χ3v) is 4.44.